The first-order chi connectivity index (χ1) is 19.6. The van der Waals surface area contributed by atoms with Crippen LogP contribution in [-0.4, -0.2) is 57.1 Å². The highest BCUT2D eigenvalue weighted by atomic mass is 79.9. The molecule has 0 saturated carbocycles. The lowest BCUT2D eigenvalue weighted by atomic mass is 10.0. The molecule has 1 N–H and O–H groups in total. The highest BCUT2D eigenvalue weighted by Crippen LogP contribution is 2.23. The molecule has 0 spiro atoms. The van der Waals surface area contributed by atoms with Gasteiger partial charge >= 0.3 is 0 Å². The van der Waals surface area contributed by atoms with Crippen LogP contribution in [0.1, 0.15) is 37.8 Å². The van der Waals surface area contributed by atoms with Crippen molar-refractivity contribution in [2.24, 2.45) is 0 Å². The third-order valence-electron chi connectivity index (χ3n) is 6.46. The molecule has 3 aromatic carbocycles. The van der Waals surface area contributed by atoms with Gasteiger partial charge in [-0.1, -0.05) is 71.7 Å². The highest BCUT2D eigenvalue weighted by Gasteiger charge is 2.33. The number of carbonyl (C=O) groups excluding carboxylic acids is 2. The predicted octanol–water partition coefficient (Wildman–Crippen LogP) is 5.17. The average Bonchev–Trinajstić information content (AvgIpc) is 2.94. The van der Waals surface area contributed by atoms with Crippen LogP contribution in [-0.2, 0) is 32.6 Å². The summed E-state index contributed by atoms with van der Waals surface area (Å²) in [6.45, 7) is 4.52. The third kappa shape index (κ3) is 9.89. The molecule has 0 radical (unpaired) electrons. The molecule has 0 aliphatic carbocycles. The second-order valence-electron chi connectivity index (χ2n) is 9.70. The Hall–Kier alpha value is -3.37. The summed E-state index contributed by atoms with van der Waals surface area (Å²) in [7, 11) is -3.84. The first kappa shape index (κ1) is 32.1. The maximum atomic E-state index is 14.1. The molecule has 10 heteroatoms. The number of ether oxygens (including phenoxy) is 1. The number of amides is 2. The summed E-state index contributed by atoms with van der Waals surface area (Å²) in [4.78, 5) is 29.2. The summed E-state index contributed by atoms with van der Waals surface area (Å²) >= 11 is 3.48. The number of anilines is 1. The number of carbonyl (C=O) groups is 2. The van der Waals surface area contributed by atoms with Crippen LogP contribution in [0.15, 0.2) is 83.3 Å². The normalized spacial score (nSPS) is 11.9. The van der Waals surface area contributed by atoms with Crippen molar-refractivity contribution in [3.63, 3.8) is 0 Å². The van der Waals surface area contributed by atoms with Crippen molar-refractivity contribution in [2.75, 3.05) is 30.3 Å². The molecular weight excluding hydrogens is 606 g/mol. The zero-order valence-corrected chi connectivity index (χ0v) is 26.2. The van der Waals surface area contributed by atoms with E-state index in [1.807, 2.05) is 68.4 Å². The van der Waals surface area contributed by atoms with Gasteiger partial charge in [0.25, 0.3) is 0 Å². The monoisotopic (exact) mass is 643 g/mol. The van der Waals surface area contributed by atoms with Crippen molar-refractivity contribution in [1.82, 2.24) is 10.2 Å². The molecule has 0 bridgehead atoms. The van der Waals surface area contributed by atoms with Crippen molar-refractivity contribution in [3.05, 3.63) is 94.5 Å². The van der Waals surface area contributed by atoms with Gasteiger partial charge in [-0.25, -0.2) is 8.42 Å². The van der Waals surface area contributed by atoms with E-state index in [1.165, 1.54) is 4.90 Å². The van der Waals surface area contributed by atoms with E-state index >= 15 is 0 Å². The van der Waals surface area contributed by atoms with Gasteiger partial charge in [0.05, 0.1) is 18.6 Å². The smallest absolute Gasteiger partial charge is 0.244 e. The minimum Gasteiger partial charge on any atom is -0.494 e. The quantitative estimate of drug-likeness (QED) is 0.231. The van der Waals surface area contributed by atoms with E-state index in [-0.39, 0.29) is 18.9 Å². The van der Waals surface area contributed by atoms with Crippen LogP contribution < -0.4 is 14.4 Å². The zero-order valence-electron chi connectivity index (χ0n) is 23.8. The number of hydrogen-bond acceptors (Lipinski definition) is 5. The van der Waals surface area contributed by atoms with E-state index in [0.29, 0.717) is 24.6 Å². The number of sulfonamides is 1. The average molecular weight is 645 g/mol. The van der Waals surface area contributed by atoms with Crippen LogP contribution >= 0.6 is 15.9 Å². The number of unbranched alkanes of at least 4 members (excludes halogenated alkanes) is 1. The topological polar surface area (TPSA) is 96.0 Å². The van der Waals surface area contributed by atoms with E-state index < -0.39 is 28.5 Å². The number of benzene rings is 3. The van der Waals surface area contributed by atoms with Gasteiger partial charge in [0.1, 0.15) is 18.3 Å². The number of halogens is 1. The summed E-state index contributed by atoms with van der Waals surface area (Å²) in [5.74, 6) is -0.174. The molecule has 8 nitrogen and oxygen atoms in total. The third-order valence-corrected chi connectivity index (χ3v) is 8.09. The molecule has 2 amide bonds. The fourth-order valence-corrected chi connectivity index (χ4v) is 5.68. The molecule has 3 aromatic rings. The van der Waals surface area contributed by atoms with Crippen LogP contribution in [0.3, 0.4) is 0 Å². The second-order valence-corrected chi connectivity index (χ2v) is 12.5. The van der Waals surface area contributed by atoms with Crippen LogP contribution in [0.5, 0.6) is 5.75 Å². The van der Waals surface area contributed by atoms with E-state index in [1.54, 1.807) is 24.3 Å². The van der Waals surface area contributed by atoms with Gasteiger partial charge in [-0.15, -0.1) is 0 Å². The summed E-state index contributed by atoms with van der Waals surface area (Å²) in [5, 5.41) is 2.98. The van der Waals surface area contributed by atoms with Gasteiger partial charge in [0, 0.05) is 24.0 Å². The molecule has 0 aliphatic heterocycles. The Kier molecular flexibility index (Phi) is 12.2. The van der Waals surface area contributed by atoms with E-state index in [0.717, 1.165) is 39.0 Å². The van der Waals surface area contributed by atoms with Gasteiger partial charge < -0.3 is 15.0 Å². The Morgan fingerprint density at radius 1 is 0.951 bits per heavy atom. The van der Waals surface area contributed by atoms with Crippen LogP contribution in [0.25, 0.3) is 0 Å². The Balaban J connectivity index is 2.01. The Labute approximate surface area is 251 Å². The number of nitrogens with one attached hydrogen (secondary N) is 1. The summed E-state index contributed by atoms with van der Waals surface area (Å²) in [6.07, 6.45) is 3.06. The first-order valence-corrected chi connectivity index (χ1v) is 16.3. The lowest BCUT2D eigenvalue weighted by Gasteiger charge is -2.33. The zero-order chi connectivity index (χ0) is 29.8. The molecule has 0 aromatic heterocycles. The van der Waals surface area contributed by atoms with Crippen molar-refractivity contribution in [1.29, 1.82) is 0 Å². The first-order valence-electron chi connectivity index (χ1n) is 13.7. The van der Waals surface area contributed by atoms with E-state index in [9.17, 15) is 18.0 Å². The second kappa shape index (κ2) is 15.6. The predicted molar refractivity (Wildman–Crippen MR) is 166 cm³/mol. The standard InChI is InChI=1S/C31H38BrN3O5S/c1-4-6-19-33-31(37)29(21-24-11-8-7-9-12-24)34(22-25-13-10-14-26(32)20-25)30(36)23-35(41(3,38)39)27-15-17-28(18-16-27)40-5-2/h7-18,20,29H,4-6,19,21-23H2,1-3H3,(H,33,37)/t29-/m0/s1. The van der Waals surface area contributed by atoms with Gasteiger partial charge in [-0.2, -0.15) is 0 Å². The molecule has 0 heterocycles. The molecule has 220 valence electrons. The lowest BCUT2D eigenvalue weighted by Crippen LogP contribution is -2.53. The van der Waals surface area contributed by atoms with Crippen LogP contribution in [0.2, 0.25) is 0 Å². The fourth-order valence-electron chi connectivity index (χ4n) is 4.38. The van der Waals surface area contributed by atoms with Crippen molar-refractivity contribution in [3.8, 4) is 5.75 Å². The molecule has 1 atom stereocenters. The highest BCUT2D eigenvalue weighted by molar-refractivity contribution is 9.10. The maximum absolute atomic E-state index is 14.1. The van der Waals surface area contributed by atoms with Crippen LogP contribution in [0, 0.1) is 0 Å². The minimum absolute atomic E-state index is 0.123. The Bertz CT molecular complexity index is 1380. The van der Waals surface area contributed by atoms with E-state index in [2.05, 4.69) is 21.2 Å². The summed E-state index contributed by atoms with van der Waals surface area (Å²) in [6, 6.07) is 22.7. The van der Waals surface area contributed by atoms with Gasteiger partial charge in [0.2, 0.25) is 21.8 Å². The van der Waals surface area contributed by atoms with Gasteiger partial charge in [-0.3, -0.25) is 13.9 Å². The summed E-state index contributed by atoms with van der Waals surface area (Å²) < 4.78 is 33.2. The van der Waals surface area contributed by atoms with Crippen molar-refractivity contribution in [2.45, 2.75) is 45.7 Å². The van der Waals surface area contributed by atoms with Crippen LogP contribution in [0.4, 0.5) is 5.69 Å². The van der Waals surface area contributed by atoms with E-state index in [4.69, 9.17) is 4.74 Å². The number of rotatable bonds is 15. The minimum atomic E-state index is -3.84. The molecule has 0 saturated heterocycles. The largest absolute Gasteiger partial charge is 0.494 e. The number of nitrogens with zero attached hydrogens (tertiary/aromatic N) is 2. The molecule has 0 fully saturated rings. The number of hydrogen-bond donors (Lipinski definition) is 1. The SMILES string of the molecule is CCCCNC(=O)[C@H](Cc1ccccc1)N(Cc1cccc(Br)c1)C(=O)CN(c1ccc(OCC)cc1)S(C)(=O)=O. The summed E-state index contributed by atoms with van der Waals surface area (Å²) in [5.41, 5.74) is 2.03. The molecule has 3 rings (SSSR count). The Morgan fingerprint density at radius 3 is 2.24 bits per heavy atom. The lowest BCUT2D eigenvalue weighted by molar-refractivity contribution is -0.140. The molecule has 41 heavy (non-hydrogen) atoms. The maximum Gasteiger partial charge on any atom is 0.244 e. The fraction of sp³-hybridized carbons (Fsp3) is 0.355. The molecule has 0 aliphatic rings. The van der Waals surface area contributed by atoms with Gasteiger partial charge in [-0.05, 0) is 60.9 Å². The van der Waals surface area contributed by atoms with Gasteiger partial charge in [0.15, 0.2) is 0 Å². The molecule has 0 unspecified atom stereocenters. The van der Waals surface area contributed by atoms with Crippen molar-refractivity contribution >= 4 is 43.5 Å². The Morgan fingerprint density at radius 2 is 1.63 bits per heavy atom. The molecular formula is C31H38BrN3O5S. The van der Waals surface area contributed by atoms with Crippen molar-refractivity contribution < 1.29 is 22.7 Å².